The summed E-state index contributed by atoms with van der Waals surface area (Å²) in [4.78, 5) is 0.945. The van der Waals surface area contributed by atoms with Gasteiger partial charge in [0.05, 0.1) is 13.2 Å². The fourth-order valence-electron chi connectivity index (χ4n) is 1.70. The highest BCUT2D eigenvalue weighted by atomic mass is 19.4. The van der Waals surface area contributed by atoms with Crippen LogP contribution in [0.5, 0.6) is 0 Å². The van der Waals surface area contributed by atoms with E-state index < -0.39 is 25.1 Å². The van der Waals surface area contributed by atoms with Gasteiger partial charge in [0.25, 0.3) is 0 Å². The van der Waals surface area contributed by atoms with Crippen LogP contribution in [-0.4, -0.2) is 35.9 Å². The summed E-state index contributed by atoms with van der Waals surface area (Å²) in [6.45, 7) is -1.82. The minimum absolute atomic E-state index is 0.148. The molecule has 19 heavy (non-hydrogen) atoms. The summed E-state index contributed by atoms with van der Waals surface area (Å²) < 4.78 is 50.6. The maximum absolute atomic E-state index is 13.6. The highest BCUT2D eigenvalue weighted by molar-refractivity contribution is 5.24. The molecule has 1 rings (SSSR count). The Hall–Kier alpha value is -1.18. The Balaban J connectivity index is 2.78. The quantitative estimate of drug-likeness (QED) is 0.779. The molecule has 0 radical (unpaired) electrons. The van der Waals surface area contributed by atoms with Gasteiger partial charge in [0.1, 0.15) is 5.82 Å². The minimum Gasteiger partial charge on any atom is -0.395 e. The van der Waals surface area contributed by atoms with Crippen LogP contribution in [-0.2, 0) is 13.1 Å². The van der Waals surface area contributed by atoms with Crippen LogP contribution in [0.1, 0.15) is 11.1 Å². The number of aliphatic hydroxyl groups is 1. The maximum Gasteiger partial charge on any atom is 0.401 e. The smallest absolute Gasteiger partial charge is 0.395 e. The van der Waals surface area contributed by atoms with Crippen LogP contribution in [0.3, 0.4) is 0 Å². The third kappa shape index (κ3) is 5.54. The molecule has 108 valence electrons. The molecule has 0 fully saturated rings. The lowest BCUT2D eigenvalue weighted by atomic mass is 10.1. The molecule has 0 unspecified atom stereocenters. The summed E-state index contributed by atoms with van der Waals surface area (Å²) in [5.74, 6) is -0.590. The van der Waals surface area contributed by atoms with Crippen LogP contribution in [0.2, 0.25) is 0 Å². The molecule has 0 saturated heterocycles. The van der Waals surface area contributed by atoms with Crippen LogP contribution in [0, 0.1) is 5.82 Å². The fourth-order valence-corrected chi connectivity index (χ4v) is 1.70. The second-order valence-electron chi connectivity index (χ2n) is 4.18. The number of alkyl halides is 3. The van der Waals surface area contributed by atoms with Crippen LogP contribution >= 0.6 is 0 Å². The van der Waals surface area contributed by atoms with Gasteiger partial charge in [0.15, 0.2) is 0 Å². The van der Waals surface area contributed by atoms with Crippen molar-refractivity contribution in [1.29, 1.82) is 0 Å². The van der Waals surface area contributed by atoms with E-state index in [1.54, 1.807) is 6.07 Å². The van der Waals surface area contributed by atoms with Crippen LogP contribution in [0.25, 0.3) is 0 Å². The Morgan fingerprint density at radius 1 is 1.26 bits per heavy atom. The first-order chi connectivity index (χ1) is 8.85. The lowest BCUT2D eigenvalue weighted by Crippen LogP contribution is -2.36. The first kappa shape index (κ1) is 15.9. The van der Waals surface area contributed by atoms with Crippen molar-refractivity contribution in [1.82, 2.24) is 4.90 Å². The van der Waals surface area contributed by atoms with Crippen molar-refractivity contribution in [3.63, 3.8) is 0 Å². The van der Waals surface area contributed by atoms with Gasteiger partial charge in [-0.25, -0.2) is 4.39 Å². The van der Waals surface area contributed by atoms with E-state index in [0.717, 1.165) is 4.90 Å². The number of aliphatic hydroxyl groups excluding tert-OH is 1. The van der Waals surface area contributed by atoms with E-state index in [4.69, 9.17) is 10.8 Å². The zero-order valence-corrected chi connectivity index (χ0v) is 10.3. The molecule has 3 N–H and O–H groups in total. The van der Waals surface area contributed by atoms with Gasteiger partial charge in [-0.1, -0.05) is 12.1 Å². The number of hydrogen-bond acceptors (Lipinski definition) is 3. The molecule has 3 nitrogen and oxygen atoms in total. The van der Waals surface area contributed by atoms with E-state index in [2.05, 4.69) is 0 Å². The van der Waals surface area contributed by atoms with Crippen molar-refractivity contribution < 1.29 is 22.7 Å². The van der Waals surface area contributed by atoms with E-state index in [1.807, 2.05) is 0 Å². The molecule has 0 saturated carbocycles. The van der Waals surface area contributed by atoms with E-state index >= 15 is 0 Å². The Bertz CT molecular complexity index is 409. The molecular formula is C12H16F4N2O. The first-order valence-corrected chi connectivity index (χ1v) is 5.73. The summed E-state index contributed by atoms with van der Waals surface area (Å²) in [5, 5.41) is 8.74. The third-order valence-corrected chi connectivity index (χ3v) is 2.57. The number of rotatable bonds is 6. The van der Waals surface area contributed by atoms with E-state index in [1.165, 1.54) is 12.1 Å². The molecule has 0 bridgehead atoms. The third-order valence-electron chi connectivity index (χ3n) is 2.57. The number of nitrogens with two attached hydrogens (primary N) is 1. The van der Waals surface area contributed by atoms with Crippen molar-refractivity contribution in [3.8, 4) is 0 Å². The molecule has 0 spiro atoms. The molecule has 1 aromatic carbocycles. The van der Waals surface area contributed by atoms with Crippen molar-refractivity contribution in [2.24, 2.45) is 5.73 Å². The Labute approximate surface area is 108 Å². The topological polar surface area (TPSA) is 49.5 Å². The normalized spacial score (nSPS) is 12.2. The molecule has 0 amide bonds. The van der Waals surface area contributed by atoms with Crippen LogP contribution < -0.4 is 5.73 Å². The van der Waals surface area contributed by atoms with Crippen molar-refractivity contribution in [2.75, 3.05) is 19.7 Å². The molecule has 0 aliphatic heterocycles. The number of nitrogens with zero attached hydrogens (tertiary/aromatic N) is 1. The number of halogens is 4. The molecule has 0 atom stereocenters. The maximum atomic E-state index is 13.6. The lowest BCUT2D eigenvalue weighted by Gasteiger charge is -2.23. The highest BCUT2D eigenvalue weighted by Gasteiger charge is 2.30. The molecule has 1 aromatic rings. The van der Waals surface area contributed by atoms with Gasteiger partial charge in [0.2, 0.25) is 0 Å². The predicted molar refractivity (Wildman–Crippen MR) is 62.7 cm³/mol. The molecule has 0 aliphatic rings. The van der Waals surface area contributed by atoms with Gasteiger partial charge < -0.3 is 10.8 Å². The molecule has 0 aromatic heterocycles. The molecular weight excluding hydrogens is 264 g/mol. The minimum atomic E-state index is -4.39. The summed E-state index contributed by atoms with van der Waals surface area (Å²) in [5.41, 5.74) is 6.06. The second kappa shape index (κ2) is 6.83. The average Bonchev–Trinajstić information content (AvgIpc) is 2.30. The van der Waals surface area contributed by atoms with Gasteiger partial charge in [0, 0.05) is 25.2 Å². The van der Waals surface area contributed by atoms with Crippen molar-refractivity contribution >= 4 is 0 Å². The Morgan fingerprint density at radius 3 is 2.42 bits per heavy atom. The number of benzene rings is 1. The monoisotopic (exact) mass is 280 g/mol. The van der Waals surface area contributed by atoms with Gasteiger partial charge in [-0.05, 0) is 11.6 Å². The molecule has 0 aliphatic carbocycles. The zero-order valence-electron chi connectivity index (χ0n) is 10.3. The summed E-state index contributed by atoms with van der Waals surface area (Å²) in [6, 6.07) is 4.20. The average molecular weight is 280 g/mol. The molecule has 0 heterocycles. The SMILES string of the molecule is NCc1ccc(CN(CCO)CC(F)(F)F)c(F)c1. The largest absolute Gasteiger partial charge is 0.401 e. The van der Waals surface area contributed by atoms with E-state index in [0.29, 0.717) is 5.56 Å². The van der Waals surface area contributed by atoms with Gasteiger partial charge >= 0.3 is 6.18 Å². The van der Waals surface area contributed by atoms with Crippen molar-refractivity contribution in [2.45, 2.75) is 19.3 Å². The number of hydrogen-bond donors (Lipinski definition) is 2. The zero-order chi connectivity index (χ0) is 14.5. The fraction of sp³-hybridized carbons (Fsp3) is 0.500. The van der Waals surface area contributed by atoms with Crippen LogP contribution in [0.4, 0.5) is 17.6 Å². The van der Waals surface area contributed by atoms with Gasteiger partial charge in [-0.15, -0.1) is 0 Å². The van der Waals surface area contributed by atoms with Gasteiger partial charge in [-0.3, -0.25) is 4.90 Å². The predicted octanol–water partition coefficient (Wildman–Crippen LogP) is 1.64. The van der Waals surface area contributed by atoms with Gasteiger partial charge in [-0.2, -0.15) is 13.2 Å². The summed E-state index contributed by atoms with van der Waals surface area (Å²) >= 11 is 0. The van der Waals surface area contributed by atoms with Crippen LogP contribution in [0.15, 0.2) is 18.2 Å². The standard InChI is InChI=1S/C12H16F4N2O/c13-11-5-9(6-17)1-2-10(11)7-18(3-4-19)8-12(14,15)16/h1-2,5,19H,3-4,6-8,17H2. The summed E-state index contributed by atoms with van der Waals surface area (Å²) in [7, 11) is 0. The van der Waals surface area contributed by atoms with Crippen molar-refractivity contribution in [3.05, 3.63) is 35.1 Å². The van der Waals surface area contributed by atoms with E-state index in [-0.39, 0.29) is 25.2 Å². The molecule has 7 heteroatoms. The Kier molecular flexibility index (Phi) is 5.71. The highest BCUT2D eigenvalue weighted by Crippen LogP contribution is 2.19. The first-order valence-electron chi connectivity index (χ1n) is 5.73. The lowest BCUT2D eigenvalue weighted by molar-refractivity contribution is -0.148. The Morgan fingerprint density at radius 2 is 1.95 bits per heavy atom. The second-order valence-corrected chi connectivity index (χ2v) is 4.18. The van der Waals surface area contributed by atoms with E-state index in [9.17, 15) is 17.6 Å². The summed E-state index contributed by atoms with van der Waals surface area (Å²) in [6.07, 6.45) is -4.39.